The van der Waals surface area contributed by atoms with Crippen molar-refractivity contribution in [2.45, 2.75) is 51.5 Å². The number of likely N-dealkylation sites (tertiary alicyclic amines) is 1. The zero-order chi connectivity index (χ0) is 25.9. The Bertz CT molecular complexity index is 1500. The monoisotopic (exact) mass is 542 g/mol. The smallest absolute Gasteiger partial charge is 0.256 e. The third-order valence-electron chi connectivity index (χ3n) is 7.93. The lowest BCUT2D eigenvalue weighted by molar-refractivity contribution is 0.0607. The third-order valence-corrected chi connectivity index (χ3v) is 8.76. The quantitative estimate of drug-likeness (QED) is 0.512. The van der Waals surface area contributed by atoms with Crippen LogP contribution in [-0.2, 0) is 10.0 Å². The van der Waals surface area contributed by atoms with Gasteiger partial charge in [0.2, 0.25) is 10.0 Å². The predicted octanol–water partition coefficient (Wildman–Crippen LogP) is 4.42. The molecule has 1 spiro atoms. The molecule has 1 aliphatic carbocycles. The van der Waals surface area contributed by atoms with Gasteiger partial charge in [-0.1, -0.05) is 11.6 Å². The Morgan fingerprint density at radius 1 is 1.16 bits per heavy atom. The average molecular weight is 543 g/mol. The largest absolute Gasteiger partial charge is 0.356 e. The van der Waals surface area contributed by atoms with Gasteiger partial charge >= 0.3 is 0 Å². The molecule has 196 valence electrons. The molecule has 2 aromatic heterocycles. The second-order valence-corrected chi connectivity index (χ2v) is 13.1. The Hall–Kier alpha value is -2.85. The highest BCUT2D eigenvalue weighted by Gasteiger charge is 2.48. The molecule has 2 saturated heterocycles. The van der Waals surface area contributed by atoms with Gasteiger partial charge in [0.15, 0.2) is 5.65 Å². The van der Waals surface area contributed by atoms with E-state index in [1.54, 1.807) is 11.0 Å². The molecule has 1 atom stereocenters. The van der Waals surface area contributed by atoms with E-state index in [1.807, 2.05) is 16.8 Å². The fourth-order valence-corrected chi connectivity index (χ4v) is 6.57. The van der Waals surface area contributed by atoms with E-state index < -0.39 is 10.0 Å². The van der Waals surface area contributed by atoms with Crippen LogP contribution in [0.3, 0.4) is 0 Å². The Labute approximate surface area is 221 Å². The van der Waals surface area contributed by atoms with Crippen LogP contribution in [0.25, 0.3) is 5.65 Å². The number of nitrogens with one attached hydrogen (secondary N) is 1. The molecule has 3 aromatic rings. The first kappa shape index (κ1) is 24.5. The predicted molar refractivity (Wildman–Crippen MR) is 144 cm³/mol. The maximum Gasteiger partial charge on any atom is 0.256 e. The summed E-state index contributed by atoms with van der Waals surface area (Å²) in [6.45, 7) is 4.74. The van der Waals surface area contributed by atoms with E-state index in [4.69, 9.17) is 21.7 Å². The second-order valence-electron chi connectivity index (χ2n) is 10.9. The van der Waals surface area contributed by atoms with E-state index in [0.29, 0.717) is 17.0 Å². The molecule has 0 unspecified atom stereocenters. The molecule has 0 radical (unpaired) electrons. The molecule has 2 aliphatic heterocycles. The van der Waals surface area contributed by atoms with Gasteiger partial charge in [-0.15, -0.1) is 0 Å². The molecule has 3 fully saturated rings. The lowest BCUT2D eigenvalue weighted by Gasteiger charge is -2.35. The topological polar surface area (TPSA) is 99.9 Å². The Morgan fingerprint density at radius 2 is 1.97 bits per heavy atom. The Kier molecular flexibility index (Phi) is 5.87. The minimum Gasteiger partial charge on any atom is -0.356 e. The number of fused-ring (bicyclic) bond motifs is 1. The number of carbonyl (C=O) groups is 1. The lowest BCUT2D eigenvalue weighted by atomic mass is 9.98. The van der Waals surface area contributed by atoms with Crippen LogP contribution in [-0.4, -0.2) is 59.7 Å². The van der Waals surface area contributed by atoms with Gasteiger partial charge in [0, 0.05) is 42.5 Å². The SMILES string of the molecule is Cc1cn2nc([C@@H]3CCCCN3C(=O)c3cc(Cl)ccc3NS(C)(=O)=O)cc2nc1N1CCC2(CC2)C1. The highest BCUT2D eigenvalue weighted by molar-refractivity contribution is 7.92. The van der Waals surface area contributed by atoms with E-state index in [9.17, 15) is 13.2 Å². The lowest BCUT2D eigenvalue weighted by Crippen LogP contribution is -2.39. The normalized spacial score (nSPS) is 21.1. The summed E-state index contributed by atoms with van der Waals surface area (Å²) in [6, 6.07) is 6.36. The van der Waals surface area contributed by atoms with Crippen LogP contribution in [0.1, 0.15) is 66.2 Å². The highest BCUT2D eigenvalue weighted by Crippen LogP contribution is 2.53. The van der Waals surface area contributed by atoms with Gasteiger partial charge in [-0.2, -0.15) is 5.10 Å². The van der Waals surface area contributed by atoms with Gasteiger partial charge in [0.1, 0.15) is 5.82 Å². The second kappa shape index (κ2) is 8.87. The molecule has 6 rings (SSSR count). The van der Waals surface area contributed by atoms with Gasteiger partial charge in [-0.25, -0.2) is 17.9 Å². The van der Waals surface area contributed by atoms with Gasteiger partial charge in [0.25, 0.3) is 5.91 Å². The average Bonchev–Trinajstić information content (AvgIpc) is 3.28. The van der Waals surface area contributed by atoms with Crippen molar-refractivity contribution in [1.82, 2.24) is 19.5 Å². The van der Waals surface area contributed by atoms with E-state index in [0.717, 1.165) is 61.3 Å². The van der Waals surface area contributed by atoms with Crippen molar-refractivity contribution < 1.29 is 13.2 Å². The molecule has 9 nitrogen and oxygen atoms in total. The minimum absolute atomic E-state index is 0.220. The van der Waals surface area contributed by atoms with Crippen LogP contribution >= 0.6 is 11.6 Å². The number of benzene rings is 1. The van der Waals surface area contributed by atoms with Crippen molar-refractivity contribution in [3.63, 3.8) is 0 Å². The van der Waals surface area contributed by atoms with Crippen LogP contribution in [0.4, 0.5) is 11.5 Å². The standard InChI is InChI=1S/C26H31ClN6O3S/c1-17-15-33-23(28-24(17)31-12-10-26(16-31)8-9-26)14-21(29-33)22-5-3-4-11-32(22)25(34)19-13-18(27)6-7-20(19)30-37(2,35)36/h6-7,13-15,22,30H,3-5,8-12,16H2,1-2H3/t22-/m0/s1. The summed E-state index contributed by atoms with van der Waals surface area (Å²) in [5, 5.41) is 5.20. The number of hydrogen-bond donors (Lipinski definition) is 1. The van der Waals surface area contributed by atoms with Crippen molar-refractivity contribution in [3.05, 3.63) is 52.3 Å². The van der Waals surface area contributed by atoms with E-state index >= 15 is 0 Å². The van der Waals surface area contributed by atoms with Gasteiger partial charge in [0.05, 0.1) is 29.2 Å². The van der Waals surface area contributed by atoms with Crippen molar-refractivity contribution in [3.8, 4) is 0 Å². The summed E-state index contributed by atoms with van der Waals surface area (Å²) in [4.78, 5) is 23.0. The summed E-state index contributed by atoms with van der Waals surface area (Å²) >= 11 is 6.21. The Morgan fingerprint density at radius 3 is 2.70 bits per heavy atom. The third kappa shape index (κ3) is 4.77. The number of hydrogen-bond acceptors (Lipinski definition) is 6. The number of rotatable bonds is 5. The summed E-state index contributed by atoms with van der Waals surface area (Å²) < 4.78 is 28.1. The molecule has 1 aromatic carbocycles. The van der Waals surface area contributed by atoms with E-state index in [-0.39, 0.29) is 23.2 Å². The summed E-state index contributed by atoms with van der Waals surface area (Å²) in [5.41, 5.74) is 3.61. The van der Waals surface area contributed by atoms with E-state index in [2.05, 4.69) is 16.5 Å². The molecular weight excluding hydrogens is 512 g/mol. The molecule has 1 N–H and O–H groups in total. The number of amides is 1. The molecule has 37 heavy (non-hydrogen) atoms. The molecule has 0 bridgehead atoms. The number of aryl methyl sites for hydroxylation is 1. The van der Waals surface area contributed by atoms with Crippen LogP contribution in [0, 0.1) is 12.3 Å². The summed E-state index contributed by atoms with van der Waals surface area (Å²) in [5.74, 6) is 0.752. The molecule has 4 heterocycles. The highest BCUT2D eigenvalue weighted by atomic mass is 35.5. The Balaban J connectivity index is 1.32. The van der Waals surface area contributed by atoms with Crippen molar-refractivity contribution >= 4 is 44.7 Å². The molecule has 1 amide bonds. The summed E-state index contributed by atoms with van der Waals surface area (Å²) in [7, 11) is -3.57. The number of anilines is 2. The van der Waals surface area contributed by atoms with Crippen molar-refractivity contribution in [2.24, 2.45) is 5.41 Å². The maximum atomic E-state index is 13.8. The summed E-state index contributed by atoms with van der Waals surface area (Å²) in [6.07, 6.45) is 9.57. The molecular formula is C26H31ClN6O3S. The molecule has 3 aliphatic rings. The number of sulfonamides is 1. The van der Waals surface area contributed by atoms with Crippen LogP contribution in [0.15, 0.2) is 30.5 Å². The van der Waals surface area contributed by atoms with Crippen LogP contribution < -0.4 is 9.62 Å². The molecule has 1 saturated carbocycles. The van der Waals surface area contributed by atoms with Gasteiger partial charge < -0.3 is 9.80 Å². The first-order chi connectivity index (χ1) is 17.6. The van der Waals surface area contributed by atoms with Crippen molar-refractivity contribution in [1.29, 1.82) is 0 Å². The number of nitrogens with zero attached hydrogens (tertiary/aromatic N) is 5. The number of piperidine rings is 1. The number of aromatic nitrogens is 3. The van der Waals surface area contributed by atoms with Crippen LogP contribution in [0.2, 0.25) is 5.02 Å². The first-order valence-corrected chi connectivity index (χ1v) is 15.1. The minimum atomic E-state index is -3.57. The molecule has 11 heteroatoms. The fraction of sp³-hybridized carbons (Fsp3) is 0.500. The fourth-order valence-electron chi connectivity index (χ4n) is 5.82. The first-order valence-electron chi connectivity index (χ1n) is 12.8. The maximum absolute atomic E-state index is 13.8. The zero-order valence-corrected chi connectivity index (χ0v) is 22.6. The van der Waals surface area contributed by atoms with E-state index in [1.165, 1.54) is 31.4 Å². The van der Waals surface area contributed by atoms with Crippen LogP contribution in [0.5, 0.6) is 0 Å². The zero-order valence-electron chi connectivity index (χ0n) is 21.1. The number of halogens is 1. The number of carbonyl (C=O) groups excluding carboxylic acids is 1. The van der Waals surface area contributed by atoms with Gasteiger partial charge in [-0.05, 0) is 69.1 Å². The van der Waals surface area contributed by atoms with Crippen molar-refractivity contribution in [2.75, 3.05) is 35.5 Å². The van der Waals surface area contributed by atoms with Gasteiger partial charge in [-0.3, -0.25) is 9.52 Å².